The minimum atomic E-state index is -0.647. The first kappa shape index (κ1) is 12.3. The van der Waals surface area contributed by atoms with Crippen molar-refractivity contribution in [2.45, 2.75) is 50.5 Å². The summed E-state index contributed by atoms with van der Waals surface area (Å²) in [6, 6.07) is 0. The fourth-order valence-electron chi connectivity index (χ4n) is 12.5. The van der Waals surface area contributed by atoms with Crippen molar-refractivity contribution in [3.05, 3.63) is 0 Å². The van der Waals surface area contributed by atoms with Gasteiger partial charge >= 0.3 is 0 Å². The Morgan fingerprint density at radius 1 is 0.583 bits per heavy atom. The molecule has 8 bridgehead atoms. The molecule has 2 saturated heterocycles. The zero-order chi connectivity index (χ0) is 15.3. The molecule has 4 nitrogen and oxygen atoms in total. The summed E-state index contributed by atoms with van der Waals surface area (Å²) in [6.45, 7) is 0. The largest absolute Gasteiger partial charge is 0.367 e. The van der Waals surface area contributed by atoms with Crippen LogP contribution in [0.2, 0.25) is 0 Å². The van der Waals surface area contributed by atoms with Gasteiger partial charge in [-0.25, -0.2) is 0 Å². The number of hydrogen-bond acceptors (Lipinski definition) is 4. The van der Waals surface area contributed by atoms with Crippen molar-refractivity contribution in [3.8, 4) is 0 Å². The predicted octanol–water partition coefficient (Wildman–Crippen LogP) is 1.21. The van der Waals surface area contributed by atoms with E-state index < -0.39 is 12.6 Å². The number of aliphatic hydroxyl groups excluding tert-OH is 2. The van der Waals surface area contributed by atoms with Crippen molar-refractivity contribution in [1.29, 1.82) is 0 Å². The van der Waals surface area contributed by atoms with Crippen molar-refractivity contribution in [2.24, 2.45) is 70.0 Å². The highest BCUT2D eigenvalue weighted by Gasteiger charge is 3.01. The molecule has 16 atom stereocenters. The summed E-state index contributed by atoms with van der Waals surface area (Å²) in [6.07, 6.45) is 4.08. The quantitative estimate of drug-likeness (QED) is 0.702. The average Bonchev–Trinajstić information content (AvgIpc) is 3.34. The molecule has 0 amide bonds. The third-order valence-electron chi connectivity index (χ3n) is 11.7. The second-order valence-electron chi connectivity index (χ2n) is 10.8. The van der Waals surface area contributed by atoms with E-state index in [4.69, 9.17) is 9.47 Å². The molecule has 2 N–H and O–H groups in total. The van der Waals surface area contributed by atoms with Crippen LogP contribution in [-0.4, -0.2) is 35.0 Å². The van der Waals surface area contributed by atoms with Crippen molar-refractivity contribution in [1.82, 2.24) is 0 Å². The van der Waals surface area contributed by atoms with Gasteiger partial charge in [0.15, 0.2) is 12.6 Å². The van der Waals surface area contributed by atoms with E-state index in [-0.39, 0.29) is 10.8 Å². The third kappa shape index (κ3) is 0.719. The van der Waals surface area contributed by atoms with Crippen LogP contribution in [-0.2, 0) is 9.47 Å². The van der Waals surface area contributed by atoms with Crippen molar-refractivity contribution in [3.63, 3.8) is 0 Å². The molecule has 8 saturated carbocycles. The number of aliphatic hydroxyl groups is 2. The van der Waals surface area contributed by atoms with Crippen molar-refractivity contribution < 1.29 is 19.7 Å². The molecule has 10 aliphatic rings. The molecule has 10 rings (SSSR count). The normalized spacial score (nSPS) is 85.2. The van der Waals surface area contributed by atoms with Crippen molar-refractivity contribution >= 4 is 0 Å². The second kappa shape index (κ2) is 3.04. The van der Waals surface area contributed by atoms with E-state index in [2.05, 4.69) is 0 Å². The van der Waals surface area contributed by atoms with Crippen LogP contribution in [0, 0.1) is 70.0 Å². The fraction of sp³-hybridized carbons (Fsp3) is 1.00. The maximum Gasteiger partial charge on any atom is 0.161 e. The van der Waals surface area contributed by atoms with Gasteiger partial charge in [-0.05, 0) is 84.9 Å². The van der Waals surface area contributed by atoms with Crippen LogP contribution in [0.3, 0.4) is 0 Å². The lowest BCUT2D eigenvalue weighted by molar-refractivity contribution is -0.393. The summed E-state index contributed by atoms with van der Waals surface area (Å²) in [7, 11) is 0. The minimum Gasteiger partial charge on any atom is -0.367 e. The SMILES string of the molecule is O[C@@H]1O[C@@H]2CC[C@@H]3[C@@H]2[C@@H]2[C@@H]4[C@@H]5[C@@H]6[C@@H]7[C@@H]8CC[C@H]7O[C@H](O)[C@]6([C@H]34)[C@]21[C@@H]85. The van der Waals surface area contributed by atoms with Gasteiger partial charge in [0.05, 0.1) is 12.2 Å². The molecule has 0 radical (unpaired) electrons. The van der Waals surface area contributed by atoms with E-state index in [0.717, 1.165) is 36.5 Å². The molecular formula is C20H24O4. The van der Waals surface area contributed by atoms with E-state index in [0.29, 0.717) is 47.7 Å². The Morgan fingerprint density at radius 3 is 1.50 bits per heavy atom. The Bertz CT molecular complexity index is 648. The molecule has 0 aromatic rings. The number of hydrogen-bond donors (Lipinski definition) is 2. The summed E-state index contributed by atoms with van der Waals surface area (Å²) >= 11 is 0. The lowest BCUT2D eigenvalue weighted by atomic mass is 9.41. The molecule has 24 heavy (non-hydrogen) atoms. The van der Waals surface area contributed by atoms with E-state index in [1.807, 2.05) is 0 Å². The molecule has 10 fully saturated rings. The van der Waals surface area contributed by atoms with Gasteiger partial charge in [0, 0.05) is 10.8 Å². The Labute approximate surface area is 140 Å². The average molecular weight is 328 g/mol. The molecule has 2 heterocycles. The van der Waals surface area contributed by atoms with Crippen LogP contribution in [0.4, 0.5) is 0 Å². The topological polar surface area (TPSA) is 58.9 Å². The van der Waals surface area contributed by atoms with E-state index in [9.17, 15) is 10.2 Å². The third-order valence-corrected chi connectivity index (χ3v) is 11.7. The monoisotopic (exact) mass is 328 g/mol. The Kier molecular flexibility index (Phi) is 1.56. The number of ether oxygens (including phenoxy) is 2. The van der Waals surface area contributed by atoms with Gasteiger partial charge in [-0.3, -0.25) is 0 Å². The van der Waals surface area contributed by atoms with Crippen LogP contribution < -0.4 is 0 Å². The van der Waals surface area contributed by atoms with E-state index >= 15 is 0 Å². The highest BCUT2D eigenvalue weighted by molar-refractivity contribution is 5.45. The lowest BCUT2D eigenvalue weighted by Gasteiger charge is -2.68. The van der Waals surface area contributed by atoms with Gasteiger partial charge in [-0.2, -0.15) is 0 Å². The van der Waals surface area contributed by atoms with Gasteiger partial charge in [-0.1, -0.05) is 0 Å². The molecule has 0 aromatic carbocycles. The van der Waals surface area contributed by atoms with E-state index in [1.165, 1.54) is 12.8 Å². The number of rotatable bonds is 0. The van der Waals surface area contributed by atoms with Crippen LogP contribution in [0.1, 0.15) is 25.7 Å². The van der Waals surface area contributed by atoms with Crippen LogP contribution >= 0.6 is 0 Å². The minimum absolute atomic E-state index is 0.157. The van der Waals surface area contributed by atoms with Gasteiger partial charge in [0.25, 0.3) is 0 Å². The van der Waals surface area contributed by atoms with Crippen LogP contribution in [0.5, 0.6) is 0 Å². The molecule has 8 aliphatic carbocycles. The molecule has 0 aromatic heterocycles. The molecule has 0 unspecified atom stereocenters. The highest BCUT2D eigenvalue weighted by Crippen LogP contribution is 3.00. The first-order valence-corrected chi connectivity index (χ1v) is 10.4. The van der Waals surface area contributed by atoms with Gasteiger partial charge in [0.2, 0.25) is 0 Å². The zero-order valence-electron chi connectivity index (χ0n) is 13.6. The van der Waals surface area contributed by atoms with Gasteiger partial charge < -0.3 is 19.7 Å². The molecule has 4 heteroatoms. The Balaban J connectivity index is 1.42. The molecule has 128 valence electrons. The van der Waals surface area contributed by atoms with Gasteiger partial charge in [-0.15, -0.1) is 0 Å². The van der Waals surface area contributed by atoms with Crippen molar-refractivity contribution in [2.75, 3.05) is 0 Å². The predicted molar refractivity (Wildman–Crippen MR) is 80.0 cm³/mol. The highest BCUT2D eigenvalue weighted by atomic mass is 16.6. The Morgan fingerprint density at radius 2 is 1.04 bits per heavy atom. The summed E-state index contributed by atoms with van der Waals surface area (Å²) in [5.74, 6) is 6.92. The van der Waals surface area contributed by atoms with E-state index in [1.54, 1.807) is 0 Å². The molecular weight excluding hydrogens is 304 g/mol. The second-order valence-corrected chi connectivity index (χ2v) is 10.8. The van der Waals surface area contributed by atoms with Crippen LogP contribution in [0.25, 0.3) is 0 Å². The maximum absolute atomic E-state index is 11.4. The first-order valence-electron chi connectivity index (χ1n) is 10.4. The fourth-order valence-corrected chi connectivity index (χ4v) is 12.5. The summed E-state index contributed by atoms with van der Waals surface area (Å²) in [4.78, 5) is 0. The molecule has 2 aliphatic heterocycles. The molecule has 2 spiro atoms. The first-order chi connectivity index (χ1) is 11.7. The summed E-state index contributed by atoms with van der Waals surface area (Å²) < 4.78 is 12.7. The summed E-state index contributed by atoms with van der Waals surface area (Å²) in [5, 5.41) is 22.8. The Hall–Kier alpha value is -0.160. The van der Waals surface area contributed by atoms with Crippen LogP contribution in [0.15, 0.2) is 0 Å². The smallest absolute Gasteiger partial charge is 0.161 e. The zero-order valence-corrected chi connectivity index (χ0v) is 13.6. The summed E-state index contributed by atoms with van der Waals surface area (Å²) in [5.41, 5.74) is -0.314. The maximum atomic E-state index is 11.4. The standard InChI is InChI=1S/C20H24O4/c21-17-19-13-5-1-3-7-9(5)15-11(13)12-14(20(15,19)18(22)23-7)6-2-4-8(24-17)10(6)16(12)19/h5-18,21-22H,1-4H2/t5-,6+,7-,8-,9+,10-,11-,12+,13-,14+,15-,16+,17+,18-,19-,20-/m1/s1. The lowest BCUT2D eigenvalue weighted by Crippen LogP contribution is -2.73. The van der Waals surface area contributed by atoms with Gasteiger partial charge in [0.1, 0.15) is 0 Å².